The van der Waals surface area contributed by atoms with Gasteiger partial charge < -0.3 is 0 Å². The maximum Gasteiger partial charge on any atom is 0.0127 e. The second kappa shape index (κ2) is 5.58. The van der Waals surface area contributed by atoms with Gasteiger partial charge in [-0.05, 0) is 65.1 Å². The van der Waals surface area contributed by atoms with Crippen LogP contribution in [0.1, 0.15) is 32.7 Å². The number of benzene rings is 2. The van der Waals surface area contributed by atoms with E-state index in [0.717, 1.165) is 12.8 Å². The lowest BCUT2D eigenvalue weighted by molar-refractivity contribution is 0.985. The summed E-state index contributed by atoms with van der Waals surface area (Å²) in [5.41, 5.74) is 8.23. The molecule has 3 aromatic rings. The molecule has 0 atom stereocenters. The molecule has 0 unspecified atom stereocenters. The van der Waals surface area contributed by atoms with Gasteiger partial charge in [-0.1, -0.05) is 54.1 Å². The van der Waals surface area contributed by atoms with Crippen LogP contribution in [0.3, 0.4) is 0 Å². The predicted molar refractivity (Wildman–Crippen MR) is 96.3 cm³/mol. The van der Waals surface area contributed by atoms with Crippen molar-refractivity contribution in [2.75, 3.05) is 0 Å². The van der Waals surface area contributed by atoms with E-state index in [-0.39, 0.29) is 0 Å². The van der Waals surface area contributed by atoms with Crippen LogP contribution in [0.15, 0.2) is 60.0 Å². The van der Waals surface area contributed by atoms with E-state index >= 15 is 0 Å². The first-order valence-corrected chi connectivity index (χ1v) is 8.62. The highest BCUT2D eigenvalue weighted by atomic mass is 32.1. The Morgan fingerprint density at radius 1 is 0.909 bits per heavy atom. The summed E-state index contributed by atoms with van der Waals surface area (Å²) in [4.78, 5) is 1.51. The van der Waals surface area contributed by atoms with E-state index in [1.54, 1.807) is 0 Å². The molecule has 108 valence electrons. The second-order valence-electron chi connectivity index (χ2n) is 5.89. The van der Waals surface area contributed by atoms with Crippen LogP contribution >= 0.6 is 11.3 Å². The van der Waals surface area contributed by atoms with Crippen LogP contribution in [-0.2, 0) is 12.8 Å². The topological polar surface area (TPSA) is 0 Å². The van der Waals surface area contributed by atoms with Crippen LogP contribution in [0.2, 0.25) is 0 Å². The molecular weight excluding hydrogens is 284 g/mol. The Hall–Kier alpha value is -2.12. The predicted octanol–water partition coefficient (Wildman–Crippen LogP) is 5.74. The summed E-state index contributed by atoms with van der Waals surface area (Å²) in [5.74, 6) is 0. The molecule has 1 aromatic heterocycles. The molecule has 4 rings (SSSR count). The van der Waals surface area contributed by atoms with Crippen LogP contribution in [0.4, 0.5) is 0 Å². The molecule has 1 heteroatoms. The third-order valence-electron chi connectivity index (χ3n) is 4.32. The van der Waals surface area contributed by atoms with Crippen molar-refractivity contribution >= 4 is 23.0 Å². The van der Waals surface area contributed by atoms with Crippen molar-refractivity contribution in [1.29, 1.82) is 0 Å². The minimum absolute atomic E-state index is 1.13. The lowest BCUT2D eigenvalue weighted by Gasteiger charge is -2.10. The van der Waals surface area contributed by atoms with Crippen molar-refractivity contribution in [2.45, 2.75) is 19.8 Å². The van der Waals surface area contributed by atoms with Crippen molar-refractivity contribution in [1.82, 2.24) is 0 Å². The molecule has 0 saturated heterocycles. The average molecular weight is 302 g/mol. The van der Waals surface area contributed by atoms with Gasteiger partial charge in [0.05, 0.1) is 0 Å². The highest BCUT2D eigenvalue weighted by Gasteiger charge is 2.18. The summed E-state index contributed by atoms with van der Waals surface area (Å²) in [5, 5.41) is 2.22. The smallest absolute Gasteiger partial charge is 0.0127 e. The van der Waals surface area contributed by atoms with Crippen LogP contribution < -0.4 is 0 Å². The second-order valence-corrected chi connectivity index (χ2v) is 6.89. The molecule has 0 bridgehead atoms. The molecule has 1 heterocycles. The monoisotopic (exact) mass is 302 g/mol. The molecule has 0 nitrogen and oxygen atoms in total. The molecule has 0 spiro atoms. The van der Waals surface area contributed by atoms with Gasteiger partial charge in [0.1, 0.15) is 0 Å². The summed E-state index contributed by atoms with van der Waals surface area (Å²) < 4.78 is 0. The van der Waals surface area contributed by atoms with Crippen LogP contribution in [0.5, 0.6) is 0 Å². The zero-order chi connectivity index (χ0) is 14.9. The van der Waals surface area contributed by atoms with Crippen LogP contribution in [0, 0.1) is 6.92 Å². The summed E-state index contributed by atoms with van der Waals surface area (Å²) in [6, 6.07) is 19.9. The van der Waals surface area contributed by atoms with E-state index in [9.17, 15) is 0 Å². The Kier molecular flexibility index (Phi) is 3.44. The quantitative estimate of drug-likeness (QED) is 0.537. The molecule has 0 amide bonds. The molecule has 2 aromatic carbocycles. The van der Waals surface area contributed by atoms with Gasteiger partial charge in [0.25, 0.3) is 0 Å². The molecular formula is C21H18S. The lowest BCUT2D eigenvalue weighted by atomic mass is 9.94. The van der Waals surface area contributed by atoms with Crippen LogP contribution in [-0.4, -0.2) is 0 Å². The van der Waals surface area contributed by atoms with Gasteiger partial charge in [-0.15, -0.1) is 11.3 Å². The Morgan fingerprint density at radius 2 is 1.82 bits per heavy atom. The Labute approximate surface area is 135 Å². The minimum atomic E-state index is 1.13. The highest BCUT2D eigenvalue weighted by molar-refractivity contribution is 7.10. The zero-order valence-corrected chi connectivity index (χ0v) is 13.5. The van der Waals surface area contributed by atoms with Crippen molar-refractivity contribution in [3.8, 4) is 0 Å². The summed E-state index contributed by atoms with van der Waals surface area (Å²) in [7, 11) is 0. The van der Waals surface area contributed by atoms with Gasteiger partial charge in [-0.25, -0.2) is 0 Å². The summed E-state index contributed by atoms with van der Waals surface area (Å²) in [6.07, 6.45) is 4.63. The fraction of sp³-hybridized carbons (Fsp3) is 0.143. The van der Waals surface area contributed by atoms with Gasteiger partial charge in [-0.3, -0.25) is 0 Å². The van der Waals surface area contributed by atoms with E-state index in [1.807, 2.05) is 11.3 Å². The van der Waals surface area contributed by atoms with E-state index in [4.69, 9.17) is 0 Å². The molecule has 0 N–H and O–H groups in total. The Balaban J connectivity index is 1.95. The van der Waals surface area contributed by atoms with Gasteiger partial charge in [0, 0.05) is 4.88 Å². The summed E-state index contributed by atoms with van der Waals surface area (Å²) >= 11 is 1.89. The van der Waals surface area contributed by atoms with E-state index in [0.29, 0.717) is 0 Å². The third-order valence-corrected chi connectivity index (χ3v) is 5.30. The average Bonchev–Trinajstić information content (AvgIpc) is 2.94. The van der Waals surface area contributed by atoms with Gasteiger partial charge in [-0.2, -0.15) is 0 Å². The van der Waals surface area contributed by atoms with Gasteiger partial charge in [0.15, 0.2) is 0 Å². The lowest BCUT2D eigenvalue weighted by Crippen LogP contribution is -1.91. The SMILES string of the molecule is Cc1cccc(/C=C2/c3ccccc3CCc3sccc32)c1. The van der Waals surface area contributed by atoms with Crippen molar-refractivity contribution in [3.63, 3.8) is 0 Å². The fourth-order valence-corrected chi connectivity index (χ4v) is 4.14. The highest BCUT2D eigenvalue weighted by Crippen LogP contribution is 2.37. The first kappa shape index (κ1) is 13.5. The standard InChI is InChI=1S/C21H18S/c1-15-5-4-6-16(13-15)14-20-18-8-3-2-7-17(18)9-10-21-19(20)11-12-22-21/h2-8,11-14H,9-10H2,1H3/b20-14-. The molecule has 0 aliphatic heterocycles. The van der Waals surface area contributed by atoms with Gasteiger partial charge in [0.2, 0.25) is 0 Å². The first-order chi connectivity index (χ1) is 10.8. The largest absolute Gasteiger partial charge is 0.148 e. The van der Waals surface area contributed by atoms with E-state index in [2.05, 4.69) is 73.0 Å². The molecule has 22 heavy (non-hydrogen) atoms. The zero-order valence-electron chi connectivity index (χ0n) is 12.7. The Bertz CT molecular complexity index is 852. The fourth-order valence-electron chi connectivity index (χ4n) is 3.25. The minimum Gasteiger partial charge on any atom is -0.148 e. The van der Waals surface area contributed by atoms with E-state index < -0.39 is 0 Å². The van der Waals surface area contributed by atoms with Gasteiger partial charge >= 0.3 is 0 Å². The molecule has 0 saturated carbocycles. The maximum atomic E-state index is 2.35. The van der Waals surface area contributed by atoms with Crippen molar-refractivity contribution in [2.24, 2.45) is 0 Å². The first-order valence-electron chi connectivity index (χ1n) is 7.75. The number of aryl methyl sites for hydroxylation is 3. The number of rotatable bonds is 1. The normalized spacial score (nSPS) is 15.2. The third kappa shape index (κ3) is 2.42. The number of hydrogen-bond acceptors (Lipinski definition) is 1. The van der Waals surface area contributed by atoms with Crippen molar-refractivity contribution in [3.05, 3.63) is 92.7 Å². The van der Waals surface area contributed by atoms with Crippen LogP contribution in [0.25, 0.3) is 11.6 Å². The van der Waals surface area contributed by atoms with E-state index in [1.165, 1.54) is 38.3 Å². The molecule has 0 radical (unpaired) electrons. The maximum absolute atomic E-state index is 2.35. The molecule has 1 aliphatic rings. The molecule has 1 aliphatic carbocycles. The number of hydrogen-bond donors (Lipinski definition) is 0. The number of thiophene rings is 1. The van der Waals surface area contributed by atoms with Crippen molar-refractivity contribution < 1.29 is 0 Å². The Morgan fingerprint density at radius 3 is 2.73 bits per heavy atom. The molecule has 0 fully saturated rings. The summed E-state index contributed by atoms with van der Waals surface area (Å²) in [6.45, 7) is 2.15. The number of fused-ring (bicyclic) bond motifs is 2.